The first-order chi connectivity index (χ1) is 28.3. The zero-order valence-corrected chi connectivity index (χ0v) is 31.3. The van der Waals surface area contributed by atoms with Gasteiger partial charge in [0.05, 0.1) is 29.4 Å². The number of carbonyl (C=O) groups excluding carboxylic acids is 4. The number of rotatable bonds is 11. The van der Waals surface area contributed by atoms with Crippen LogP contribution in [0.4, 0.5) is 0 Å². The van der Waals surface area contributed by atoms with E-state index >= 15 is 0 Å². The lowest BCUT2D eigenvalue weighted by Gasteiger charge is -2.34. The summed E-state index contributed by atoms with van der Waals surface area (Å²) < 4.78 is 25.6. The predicted octanol–water partition coefficient (Wildman–Crippen LogP) is 5.02. The van der Waals surface area contributed by atoms with Crippen LogP contribution in [0.5, 0.6) is 17.4 Å². The average molecular weight is 777 g/mol. The molecule has 9 rings (SSSR count). The van der Waals surface area contributed by atoms with E-state index < -0.39 is 29.7 Å². The van der Waals surface area contributed by atoms with Crippen LogP contribution >= 0.6 is 0 Å². The number of piperidine rings is 1. The van der Waals surface area contributed by atoms with Gasteiger partial charge in [0.15, 0.2) is 0 Å². The molecular formula is C44H36N6O8. The number of hydrogen-bond donors (Lipinski definition) is 1. The molecule has 4 amide bonds. The van der Waals surface area contributed by atoms with E-state index in [9.17, 15) is 19.2 Å². The van der Waals surface area contributed by atoms with Gasteiger partial charge in [-0.3, -0.25) is 34.4 Å². The number of pyridine rings is 3. The Bertz CT molecular complexity index is 2660. The first-order valence-corrected chi connectivity index (χ1v) is 18.9. The average Bonchev–Trinajstić information content (AvgIpc) is 3.65. The summed E-state index contributed by atoms with van der Waals surface area (Å²) in [6.07, 6.45) is 8.90. The van der Waals surface area contributed by atoms with E-state index in [2.05, 4.69) is 61.9 Å². The molecule has 1 N–H and O–H groups in total. The maximum atomic E-state index is 13.0. The molecule has 6 heterocycles. The van der Waals surface area contributed by atoms with Gasteiger partial charge in [0.2, 0.25) is 17.7 Å². The third kappa shape index (κ3) is 7.19. The minimum Gasteiger partial charge on any atom is -0.491 e. The molecule has 58 heavy (non-hydrogen) atoms. The standard InChI is InChI=1S/C44H36N6O8/c1-49-37-14-15-45-25-36(37)33-9-4-26(19-39(33)49)27-5-13-41(47-23-27)58-32-20-31(21-32)57-30-7-6-28(46-24-30)3-2-16-55-17-18-56-29-8-10-34-35(22-29)44(54)50(43(34)53)38-11-12-40(51)48-42(38)52/h4-10,13-15,19,22-25,31-32,38H,11-12,16-18,20-21H2,1H3,(H,48,51,52)/t31-,32-,38?. The SMILES string of the molecule is Cn1c2ccncc2c2ccc(-c3ccc(O[C@H]4C[C@H](Oc5ccc(C#CCOCCOc6ccc7c(c6)C(=O)N(C6CCC(=O)NC6=O)C7=O)nc5)C4)nc3)cc21. The summed E-state index contributed by atoms with van der Waals surface area (Å²) in [5.41, 5.74) is 5.31. The molecule has 14 nitrogen and oxygen atoms in total. The molecule has 0 bridgehead atoms. The van der Waals surface area contributed by atoms with E-state index in [0.29, 0.717) is 23.1 Å². The fourth-order valence-corrected chi connectivity index (χ4v) is 7.46. The molecule has 4 aromatic heterocycles. The molecule has 2 aromatic carbocycles. The Morgan fingerprint density at radius 3 is 2.41 bits per heavy atom. The van der Waals surface area contributed by atoms with Gasteiger partial charge in [0.1, 0.15) is 48.7 Å². The zero-order chi connectivity index (χ0) is 39.8. The van der Waals surface area contributed by atoms with Crippen LogP contribution in [0.3, 0.4) is 0 Å². The van der Waals surface area contributed by atoms with Crippen LogP contribution in [-0.4, -0.2) is 86.1 Å². The largest absolute Gasteiger partial charge is 0.491 e. The number of nitrogens with one attached hydrogen (secondary N) is 1. The monoisotopic (exact) mass is 776 g/mol. The van der Waals surface area contributed by atoms with Crippen molar-refractivity contribution in [2.75, 3.05) is 19.8 Å². The van der Waals surface area contributed by atoms with Gasteiger partial charge in [-0.05, 0) is 66.4 Å². The number of ether oxygens (including phenoxy) is 4. The quantitative estimate of drug-likeness (QED) is 0.107. The summed E-state index contributed by atoms with van der Waals surface area (Å²) >= 11 is 0. The van der Waals surface area contributed by atoms with Crippen molar-refractivity contribution in [1.82, 2.24) is 29.7 Å². The lowest BCUT2D eigenvalue weighted by molar-refractivity contribution is -0.136. The normalized spacial score (nSPS) is 18.7. The molecule has 3 aliphatic rings. The number of hydrogen-bond acceptors (Lipinski definition) is 11. The molecule has 0 radical (unpaired) electrons. The van der Waals surface area contributed by atoms with E-state index in [-0.39, 0.29) is 56.0 Å². The van der Waals surface area contributed by atoms with Crippen molar-refractivity contribution in [1.29, 1.82) is 0 Å². The van der Waals surface area contributed by atoms with E-state index in [1.807, 2.05) is 42.9 Å². The van der Waals surface area contributed by atoms with Crippen molar-refractivity contribution in [2.45, 2.75) is 43.9 Å². The van der Waals surface area contributed by atoms with Crippen LogP contribution in [0.1, 0.15) is 52.1 Å². The molecular weight excluding hydrogens is 741 g/mol. The van der Waals surface area contributed by atoms with E-state index in [4.69, 9.17) is 18.9 Å². The van der Waals surface area contributed by atoms with Crippen molar-refractivity contribution >= 4 is 45.4 Å². The predicted molar refractivity (Wildman–Crippen MR) is 210 cm³/mol. The maximum absolute atomic E-state index is 13.0. The topological polar surface area (TPSA) is 164 Å². The van der Waals surface area contributed by atoms with Gasteiger partial charge in [-0.2, -0.15) is 0 Å². The highest BCUT2D eigenvalue weighted by Crippen LogP contribution is 2.34. The fraction of sp³-hybridized carbons (Fsp3) is 0.250. The number of benzene rings is 2. The summed E-state index contributed by atoms with van der Waals surface area (Å²) in [6, 6.07) is 19.6. The highest BCUT2D eigenvalue weighted by atomic mass is 16.5. The zero-order valence-electron chi connectivity index (χ0n) is 31.3. The van der Waals surface area contributed by atoms with E-state index in [1.54, 1.807) is 18.3 Å². The molecule has 290 valence electrons. The van der Waals surface area contributed by atoms with Crippen LogP contribution < -0.4 is 19.5 Å². The Hall–Kier alpha value is -7.11. The lowest BCUT2D eigenvalue weighted by atomic mass is 9.92. The molecule has 1 aliphatic carbocycles. The van der Waals surface area contributed by atoms with Crippen molar-refractivity contribution < 1.29 is 38.1 Å². The Balaban J connectivity index is 0.683. The maximum Gasteiger partial charge on any atom is 0.262 e. The molecule has 1 saturated carbocycles. The number of carbonyl (C=O) groups is 4. The van der Waals surface area contributed by atoms with Crippen molar-refractivity contribution in [3.8, 4) is 40.3 Å². The third-order valence-corrected chi connectivity index (χ3v) is 10.6. The summed E-state index contributed by atoms with van der Waals surface area (Å²) in [4.78, 5) is 63.8. The first-order valence-electron chi connectivity index (χ1n) is 18.9. The Morgan fingerprint density at radius 1 is 0.776 bits per heavy atom. The fourth-order valence-electron chi connectivity index (χ4n) is 7.46. The molecule has 2 fully saturated rings. The van der Waals surface area contributed by atoms with Crippen molar-refractivity contribution in [3.63, 3.8) is 0 Å². The minimum atomic E-state index is -1.02. The van der Waals surface area contributed by atoms with Gasteiger partial charge in [0.25, 0.3) is 11.8 Å². The number of imide groups is 2. The first kappa shape index (κ1) is 36.5. The molecule has 14 heteroatoms. The van der Waals surface area contributed by atoms with Crippen LogP contribution in [0.2, 0.25) is 0 Å². The molecule has 1 unspecified atom stereocenters. The van der Waals surface area contributed by atoms with E-state index in [0.717, 1.165) is 45.3 Å². The second-order valence-corrected chi connectivity index (χ2v) is 14.3. The van der Waals surface area contributed by atoms with Gasteiger partial charge in [-0.25, -0.2) is 9.97 Å². The smallest absolute Gasteiger partial charge is 0.262 e. The molecule has 6 aromatic rings. The number of aryl methyl sites for hydroxylation is 1. The number of aromatic nitrogens is 4. The van der Waals surface area contributed by atoms with Crippen LogP contribution in [0, 0.1) is 11.8 Å². The highest BCUT2D eigenvalue weighted by molar-refractivity contribution is 6.23. The minimum absolute atomic E-state index is 0.0219. The molecule has 2 aliphatic heterocycles. The van der Waals surface area contributed by atoms with Gasteiger partial charge in [-0.1, -0.05) is 18.1 Å². The van der Waals surface area contributed by atoms with Crippen LogP contribution in [0.15, 0.2) is 91.5 Å². The van der Waals surface area contributed by atoms with Crippen molar-refractivity contribution in [2.24, 2.45) is 7.05 Å². The number of nitrogens with zero attached hydrogens (tertiary/aromatic N) is 5. The number of fused-ring (bicyclic) bond motifs is 4. The van der Waals surface area contributed by atoms with Crippen LogP contribution in [-0.2, 0) is 21.4 Å². The third-order valence-electron chi connectivity index (χ3n) is 10.6. The summed E-state index contributed by atoms with van der Waals surface area (Å²) in [5, 5.41) is 4.50. The molecule has 1 saturated heterocycles. The van der Waals surface area contributed by atoms with Gasteiger partial charge in [-0.15, -0.1) is 0 Å². The second-order valence-electron chi connectivity index (χ2n) is 14.3. The second kappa shape index (κ2) is 15.4. The number of amides is 4. The Morgan fingerprint density at radius 2 is 1.60 bits per heavy atom. The Kier molecular flexibility index (Phi) is 9.72. The molecule has 0 spiro atoms. The van der Waals surface area contributed by atoms with Crippen molar-refractivity contribution in [3.05, 3.63) is 108 Å². The highest BCUT2D eigenvalue weighted by Gasteiger charge is 2.44. The van der Waals surface area contributed by atoms with E-state index in [1.165, 1.54) is 17.5 Å². The van der Waals surface area contributed by atoms with Crippen LogP contribution in [0.25, 0.3) is 32.9 Å². The Labute approximate surface area is 332 Å². The summed E-state index contributed by atoms with van der Waals surface area (Å²) in [7, 11) is 2.07. The summed E-state index contributed by atoms with van der Waals surface area (Å²) in [5.74, 6) is 5.27. The van der Waals surface area contributed by atoms with Gasteiger partial charge in [0, 0.05) is 72.8 Å². The lowest BCUT2D eigenvalue weighted by Crippen LogP contribution is -2.54. The van der Waals surface area contributed by atoms with Gasteiger partial charge < -0.3 is 23.5 Å². The van der Waals surface area contributed by atoms with Gasteiger partial charge >= 0.3 is 0 Å². The molecule has 1 atom stereocenters. The summed E-state index contributed by atoms with van der Waals surface area (Å²) in [6.45, 7) is 0.569.